The van der Waals surface area contributed by atoms with Gasteiger partial charge in [-0.2, -0.15) is 4.37 Å². The van der Waals surface area contributed by atoms with Crippen molar-refractivity contribution in [3.05, 3.63) is 40.4 Å². The molecule has 36 heavy (non-hydrogen) atoms. The molecule has 3 heterocycles. The Balaban J connectivity index is 1.70. The largest absolute Gasteiger partial charge is 0.497 e. The summed E-state index contributed by atoms with van der Waals surface area (Å²) in [4.78, 5) is 40.7. The van der Waals surface area contributed by atoms with E-state index in [1.807, 2.05) is 0 Å². The second-order valence-electron chi connectivity index (χ2n) is 8.79. The molecule has 0 radical (unpaired) electrons. The molecule has 0 saturated carbocycles. The van der Waals surface area contributed by atoms with E-state index in [0.29, 0.717) is 31.1 Å². The van der Waals surface area contributed by atoms with Crippen LogP contribution in [0.5, 0.6) is 5.75 Å². The summed E-state index contributed by atoms with van der Waals surface area (Å²) in [6, 6.07) is 5.96. The lowest BCUT2D eigenvalue weighted by Gasteiger charge is -2.33. The fourth-order valence-corrected chi connectivity index (χ4v) is 5.21. The molecule has 2 aliphatic rings. The third-order valence-corrected chi connectivity index (χ3v) is 7.21. The predicted octanol–water partition coefficient (Wildman–Crippen LogP) is 1.49. The lowest BCUT2D eigenvalue weighted by Crippen LogP contribution is -2.47. The van der Waals surface area contributed by atoms with Gasteiger partial charge in [0.1, 0.15) is 16.7 Å². The molecular weight excluding hydrogens is 486 g/mol. The van der Waals surface area contributed by atoms with Gasteiger partial charge in [-0.1, -0.05) is 12.1 Å². The van der Waals surface area contributed by atoms with Crippen molar-refractivity contribution in [3.8, 4) is 5.75 Å². The number of anilines is 1. The van der Waals surface area contributed by atoms with Crippen LogP contribution >= 0.6 is 11.5 Å². The fraction of sp³-hybridized carbons (Fsp3) is 0.500. The highest BCUT2D eigenvalue weighted by Crippen LogP contribution is 2.31. The number of primary amides is 1. The van der Waals surface area contributed by atoms with Gasteiger partial charge in [-0.15, -0.1) is 0 Å². The number of hydrogen-bond acceptors (Lipinski definition) is 9. The third-order valence-electron chi connectivity index (χ3n) is 6.36. The second kappa shape index (κ2) is 11.7. The predicted molar refractivity (Wildman–Crippen MR) is 133 cm³/mol. The zero-order chi connectivity index (χ0) is 25.7. The molecule has 3 unspecified atom stereocenters. The van der Waals surface area contributed by atoms with Crippen LogP contribution in [-0.2, 0) is 14.3 Å². The number of nitrogen functional groups attached to an aromatic ring is 1. The SMILES string of the molecule is COc1ccc(C(C(=O)NCC2CCCO2)N(CC2CCCO2)C(=O)c2snc(C(N)=O)c2N)cc1. The van der Waals surface area contributed by atoms with Gasteiger partial charge in [0.05, 0.1) is 25.0 Å². The highest BCUT2D eigenvalue weighted by molar-refractivity contribution is 7.09. The standard InChI is InChI=1S/C24H31N5O6S/c1-33-15-8-6-14(7-9-15)20(23(31)27-12-16-4-2-10-34-16)29(13-17-5-3-11-35-17)24(32)21-18(25)19(22(26)30)28-36-21/h6-9,16-17,20H,2-5,10-13,25H2,1H3,(H2,26,30)(H,27,31). The van der Waals surface area contributed by atoms with Gasteiger partial charge < -0.3 is 35.9 Å². The van der Waals surface area contributed by atoms with Crippen LogP contribution in [0.25, 0.3) is 0 Å². The van der Waals surface area contributed by atoms with E-state index in [4.69, 9.17) is 25.7 Å². The van der Waals surface area contributed by atoms with Gasteiger partial charge in [-0.3, -0.25) is 14.4 Å². The highest BCUT2D eigenvalue weighted by atomic mass is 32.1. The summed E-state index contributed by atoms with van der Waals surface area (Å²) in [5.41, 5.74) is 11.8. The molecule has 0 spiro atoms. The van der Waals surface area contributed by atoms with Crippen molar-refractivity contribution < 1.29 is 28.6 Å². The Hall–Kier alpha value is -3.22. The molecule has 194 valence electrons. The number of amides is 3. The molecule has 2 saturated heterocycles. The maximum absolute atomic E-state index is 13.9. The number of carbonyl (C=O) groups excluding carboxylic acids is 3. The molecule has 2 fully saturated rings. The van der Waals surface area contributed by atoms with Gasteiger partial charge in [0.25, 0.3) is 11.8 Å². The first-order valence-corrected chi connectivity index (χ1v) is 12.7. The summed E-state index contributed by atoms with van der Waals surface area (Å²) in [5.74, 6) is -1.09. The normalized spacial score (nSPS) is 20.1. The fourth-order valence-electron chi connectivity index (χ4n) is 4.45. The quantitative estimate of drug-likeness (QED) is 0.427. The highest BCUT2D eigenvalue weighted by Gasteiger charge is 2.37. The summed E-state index contributed by atoms with van der Waals surface area (Å²) in [5, 5.41) is 2.95. The summed E-state index contributed by atoms with van der Waals surface area (Å²) < 4.78 is 20.7. The van der Waals surface area contributed by atoms with E-state index in [2.05, 4.69) is 9.69 Å². The molecular formula is C24H31N5O6S. The number of rotatable bonds is 10. The number of methoxy groups -OCH3 is 1. The molecule has 11 nitrogen and oxygen atoms in total. The lowest BCUT2D eigenvalue weighted by atomic mass is 10.0. The van der Waals surface area contributed by atoms with Gasteiger partial charge in [0, 0.05) is 26.3 Å². The van der Waals surface area contributed by atoms with E-state index in [1.165, 1.54) is 4.90 Å². The molecule has 2 aliphatic heterocycles. The van der Waals surface area contributed by atoms with E-state index in [0.717, 1.165) is 37.2 Å². The van der Waals surface area contributed by atoms with Crippen LogP contribution in [0.3, 0.4) is 0 Å². The number of hydrogen-bond donors (Lipinski definition) is 3. The van der Waals surface area contributed by atoms with Gasteiger partial charge in [-0.25, -0.2) is 0 Å². The number of aromatic nitrogens is 1. The van der Waals surface area contributed by atoms with E-state index in [1.54, 1.807) is 31.4 Å². The van der Waals surface area contributed by atoms with E-state index >= 15 is 0 Å². The number of carbonyl (C=O) groups is 3. The van der Waals surface area contributed by atoms with Gasteiger partial charge in [0.15, 0.2) is 5.69 Å². The molecule has 0 bridgehead atoms. The Morgan fingerprint density at radius 2 is 1.83 bits per heavy atom. The van der Waals surface area contributed by atoms with Crippen molar-refractivity contribution in [1.29, 1.82) is 0 Å². The first-order chi connectivity index (χ1) is 17.4. The number of ether oxygens (including phenoxy) is 3. The van der Waals surface area contributed by atoms with Crippen LogP contribution < -0.4 is 21.5 Å². The molecule has 3 atom stereocenters. The van der Waals surface area contributed by atoms with Gasteiger partial charge in [0.2, 0.25) is 5.91 Å². The molecule has 3 amide bonds. The molecule has 4 rings (SSSR count). The van der Waals surface area contributed by atoms with Crippen molar-refractivity contribution in [1.82, 2.24) is 14.6 Å². The first-order valence-electron chi connectivity index (χ1n) is 11.9. The average Bonchev–Trinajstić information content (AvgIpc) is 3.65. The minimum Gasteiger partial charge on any atom is -0.497 e. The van der Waals surface area contributed by atoms with Crippen molar-refractivity contribution in [2.45, 2.75) is 43.9 Å². The summed E-state index contributed by atoms with van der Waals surface area (Å²) in [7, 11) is 1.55. The Bertz CT molecular complexity index is 1080. The number of nitrogens with zero attached hydrogens (tertiary/aromatic N) is 2. The first kappa shape index (κ1) is 25.9. The molecule has 2 aromatic rings. The van der Waals surface area contributed by atoms with Crippen molar-refractivity contribution in [3.63, 3.8) is 0 Å². The Morgan fingerprint density at radius 3 is 2.39 bits per heavy atom. The van der Waals surface area contributed by atoms with Gasteiger partial charge in [-0.05, 0) is 54.9 Å². The van der Waals surface area contributed by atoms with Crippen LogP contribution in [0.1, 0.15) is 57.4 Å². The number of nitrogens with one attached hydrogen (secondary N) is 1. The topological polar surface area (TPSA) is 159 Å². The second-order valence-corrected chi connectivity index (χ2v) is 9.56. The lowest BCUT2D eigenvalue weighted by molar-refractivity contribution is -0.126. The Kier molecular flexibility index (Phi) is 8.39. The van der Waals surface area contributed by atoms with Crippen LogP contribution in [0.2, 0.25) is 0 Å². The van der Waals surface area contributed by atoms with E-state index in [9.17, 15) is 14.4 Å². The smallest absolute Gasteiger partial charge is 0.270 e. The monoisotopic (exact) mass is 517 g/mol. The van der Waals surface area contributed by atoms with E-state index in [-0.39, 0.29) is 40.9 Å². The minimum atomic E-state index is -0.993. The van der Waals surface area contributed by atoms with Crippen LogP contribution in [0.4, 0.5) is 5.69 Å². The average molecular weight is 518 g/mol. The molecule has 1 aromatic heterocycles. The van der Waals surface area contributed by atoms with Crippen LogP contribution in [-0.4, -0.2) is 72.6 Å². The molecule has 12 heteroatoms. The summed E-state index contributed by atoms with van der Waals surface area (Å²) in [6.07, 6.45) is 3.10. The van der Waals surface area contributed by atoms with E-state index < -0.39 is 17.9 Å². The molecule has 0 aliphatic carbocycles. The zero-order valence-corrected chi connectivity index (χ0v) is 20.9. The molecule has 5 N–H and O–H groups in total. The number of nitrogens with two attached hydrogens (primary N) is 2. The van der Waals surface area contributed by atoms with Crippen molar-refractivity contribution >= 4 is 34.9 Å². The van der Waals surface area contributed by atoms with Crippen molar-refractivity contribution in [2.75, 3.05) is 39.1 Å². The number of benzene rings is 1. The summed E-state index contributed by atoms with van der Waals surface area (Å²) >= 11 is 0.783. The molecule has 1 aromatic carbocycles. The minimum absolute atomic E-state index is 0.0484. The van der Waals surface area contributed by atoms with Gasteiger partial charge >= 0.3 is 0 Å². The summed E-state index contributed by atoms with van der Waals surface area (Å²) in [6.45, 7) is 1.74. The third kappa shape index (κ3) is 5.77. The Morgan fingerprint density at radius 1 is 1.17 bits per heavy atom. The zero-order valence-electron chi connectivity index (χ0n) is 20.1. The maximum Gasteiger partial charge on any atom is 0.270 e. The van der Waals surface area contributed by atoms with Crippen LogP contribution in [0.15, 0.2) is 24.3 Å². The van der Waals surface area contributed by atoms with Crippen molar-refractivity contribution in [2.24, 2.45) is 5.73 Å². The maximum atomic E-state index is 13.9. The van der Waals surface area contributed by atoms with Crippen LogP contribution in [0, 0.1) is 0 Å². The Labute approximate surface area is 213 Å².